The van der Waals surface area contributed by atoms with Crippen LogP contribution in [0, 0.1) is 5.41 Å². The normalized spacial score (nSPS) is 52.1. The predicted octanol–water partition coefficient (Wildman–Crippen LogP) is 4.27. The molecule has 3 rings (SSSR count). The molecule has 3 heteroatoms. The zero-order valence-electron chi connectivity index (χ0n) is 10.3. The van der Waals surface area contributed by atoms with Gasteiger partial charge in [0.15, 0.2) is 0 Å². The van der Waals surface area contributed by atoms with Crippen molar-refractivity contribution in [3.8, 4) is 0 Å². The molecule has 0 N–H and O–H groups in total. The minimum Gasteiger partial charge on any atom is -0.375 e. The minimum absolute atomic E-state index is 0.487. The Hall–Kier alpha value is 0.660. The molecule has 2 bridgehead atoms. The van der Waals surface area contributed by atoms with Gasteiger partial charge in [0, 0.05) is 15.9 Å². The van der Waals surface area contributed by atoms with Crippen LogP contribution >= 0.6 is 21.6 Å². The summed E-state index contributed by atoms with van der Waals surface area (Å²) in [4.78, 5) is 0. The highest BCUT2D eigenvalue weighted by Gasteiger charge is 2.56. The van der Waals surface area contributed by atoms with Gasteiger partial charge in [0.1, 0.15) is 0 Å². The van der Waals surface area contributed by atoms with Crippen LogP contribution in [0.2, 0.25) is 0 Å². The van der Waals surface area contributed by atoms with E-state index in [2.05, 4.69) is 35.4 Å². The van der Waals surface area contributed by atoms with Gasteiger partial charge in [-0.3, -0.25) is 0 Å². The van der Waals surface area contributed by atoms with Crippen molar-refractivity contribution in [1.29, 1.82) is 0 Å². The first-order valence-corrected chi connectivity index (χ1v) is 9.00. The summed E-state index contributed by atoms with van der Waals surface area (Å²) in [5, 5.41) is 1.85. The second-order valence-corrected chi connectivity index (χ2v) is 8.40. The summed E-state index contributed by atoms with van der Waals surface area (Å²) < 4.78 is 6.07. The molecule has 1 aliphatic carbocycles. The maximum absolute atomic E-state index is 6.07. The lowest BCUT2D eigenvalue weighted by atomic mass is 9.65. The van der Waals surface area contributed by atoms with Gasteiger partial charge in [0.25, 0.3) is 0 Å². The summed E-state index contributed by atoms with van der Waals surface area (Å²) in [6, 6.07) is 0. The van der Waals surface area contributed by atoms with Gasteiger partial charge in [-0.2, -0.15) is 0 Å². The minimum atomic E-state index is 0.487. The standard InChI is InChI=1S/C13H22OS2/c1-3-10-8-13(7-9(2)14-10)11-5-4-6-12(13)16-15-11/h9-12H,3-8H2,1-2H3/t9?,10-,11?,12?,13?/m1/s1. The monoisotopic (exact) mass is 258 g/mol. The van der Waals surface area contributed by atoms with Crippen LogP contribution in [0.1, 0.15) is 52.4 Å². The van der Waals surface area contributed by atoms with Crippen LogP contribution in [0.4, 0.5) is 0 Å². The first-order valence-electron chi connectivity index (χ1n) is 6.72. The highest BCUT2D eigenvalue weighted by molar-refractivity contribution is 8.77. The number of hydrogen-bond donors (Lipinski definition) is 0. The highest BCUT2D eigenvalue weighted by atomic mass is 33.1. The molecule has 0 amide bonds. The first-order chi connectivity index (χ1) is 7.74. The Balaban J connectivity index is 1.85. The molecule has 2 saturated heterocycles. The Morgan fingerprint density at radius 1 is 1.19 bits per heavy atom. The molecule has 3 unspecified atom stereocenters. The molecular formula is C13H22OS2. The van der Waals surface area contributed by atoms with E-state index >= 15 is 0 Å². The topological polar surface area (TPSA) is 9.23 Å². The lowest BCUT2D eigenvalue weighted by molar-refractivity contribution is -0.101. The van der Waals surface area contributed by atoms with E-state index < -0.39 is 0 Å². The van der Waals surface area contributed by atoms with E-state index in [4.69, 9.17) is 4.74 Å². The molecule has 3 aliphatic rings. The molecule has 16 heavy (non-hydrogen) atoms. The van der Waals surface area contributed by atoms with E-state index in [0.717, 1.165) is 10.5 Å². The van der Waals surface area contributed by atoms with Crippen molar-refractivity contribution >= 4 is 21.6 Å². The fraction of sp³-hybridized carbons (Fsp3) is 1.00. The van der Waals surface area contributed by atoms with Crippen LogP contribution in [0.5, 0.6) is 0 Å². The van der Waals surface area contributed by atoms with Gasteiger partial charge in [-0.05, 0) is 39.0 Å². The van der Waals surface area contributed by atoms with Crippen molar-refractivity contribution in [1.82, 2.24) is 0 Å². The molecule has 2 aliphatic heterocycles. The third-order valence-corrected chi connectivity index (χ3v) is 8.37. The second-order valence-electron chi connectivity index (χ2n) is 5.72. The van der Waals surface area contributed by atoms with E-state index in [-0.39, 0.29) is 0 Å². The Morgan fingerprint density at radius 3 is 2.50 bits per heavy atom. The van der Waals surface area contributed by atoms with Crippen LogP contribution < -0.4 is 0 Å². The van der Waals surface area contributed by atoms with Crippen LogP contribution in [-0.2, 0) is 4.74 Å². The van der Waals surface area contributed by atoms with Gasteiger partial charge in [0.2, 0.25) is 0 Å². The first kappa shape index (κ1) is 11.7. The van der Waals surface area contributed by atoms with Crippen LogP contribution in [0.15, 0.2) is 0 Å². The molecule has 1 saturated carbocycles. The number of ether oxygens (including phenoxy) is 1. The average Bonchev–Trinajstić information content (AvgIpc) is 2.50. The largest absolute Gasteiger partial charge is 0.375 e. The van der Waals surface area contributed by atoms with Crippen LogP contribution in [0.3, 0.4) is 0 Å². The fourth-order valence-electron chi connectivity index (χ4n) is 3.93. The summed E-state index contributed by atoms with van der Waals surface area (Å²) >= 11 is 0. The van der Waals surface area contributed by atoms with E-state index in [1.807, 2.05) is 0 Å². The van der Waals surface area contributed by atoms with Gasteiger partial charge in [0.05, 0.1) is 12.2 Å². The molecule has 1 nitrogen and oxygen atoms in total. The molecule has 92 valence electrons. The molecule has 4 atom stereocenters. The maximum Gasteiger partial charge on any atom is 0.0582 e. The lowest BCUT2D eigenvalue weighted by Crippen LogP contribution is -2.50. The van der Waals surface area contributed by atoms with Crippen LogP contribution in [-0.4, -0.2) is 22.7 Å². The molecule has 0 aromatic heterocycles. The molecule has 0 aromatic rings. The third kappa shape index (κ3) is 1.74. The SMILES string of the molecule is CC[C@@H]1CC2(CC(C)O1)C1CCCC2SS1. The van der Waals surface area contributed by atoms with Crippen molar-refractivity contribution < 1.29 is 4.74 Å². The Labute approximate surface area is 107 Å². The smallest absolute Gasteiger partial charge is 0.0582 e. The van der Waals surface area contributed by atoms with Crippen molar-refractivity contribution in [3.05, 3.63) is 0 Å². The van der Waals surface area contributed by atoms with Crippen molar-refractivity contribution in [2.24, 2.45) is 5.41 Å². The Bertz CT molecular complexity index is 253. The molecular weight excluding hydrogens is 236 g/mol. The Morgan fingerprint density at radius 2 is 1.88 bits per heavy atom. The predicted molar refractivity (Wildman–Crippen MR) is 72.9 cm³/mol. The van der Waals surface area contributed by atoms with E-state index in [1.54, 1.807) is 0 Å². The van der Waals surface area contributed by atoms with Gasteiger partial charge in [-0.1, -0.05) is 34.9 Å². The highest BCUT2D eigenvalue weighted by Crippen LogP contribution is 2.65. The van der Waals surface area contributed by atoms with E-state index in [1.165, 1.54) is 38.5 Å². The van der Waals surface area contributed by atoms with Gasteiger partial charge < -0.3 is 4.74 Å². The average molecular weight is 258 g/mol. The molecule has 0 aromatic carbocycles. The number of rotatable bonds is 1. The fourth-order valence-corrected chi connectivity index (χ4v) is 8.44. The Kier molecular flexibility index (Phi) is 3.23. The molecule has 1 spiro atoms. The summed E-state index contributed by atoms with van der Waals surface area (Å²) in [5.74, 6) is 0. The maximum atomic E-state index is 6.07. The quantitative estimate of drug-likeness (QED) is 0.650. The van der Waals surface area contributed by atoms with Crippen molar-refractivity contribution in [2.45, 2.75) is 75.1 Å². The van der Waals surface area contributed by atoms with Crippen LogP contribution in [0.25, 0.3) is 0 Å². The lowest BCUT2D eigenvalue weighted by Gasteiger charge is -2.49. The van der Waals surface area contributed by atoms with Gasteiger partial charge in [-0.15, -0.1) is 0 Å². The van der Waals surface area contributed by atoms with Crippen molar-refractivity contribution in [3.63, 3.8) is 0 Å². The third-order valence-electron chi connectivity index (χ3n) is 4.66. The van der Waals surface area contributed by atoms with Crippen molar-refractivity contribution in [2.75, 3.05) is 0 Å². The molecule has 3 fully saturated rings. The second kappa shape index (κ2) is 4.40. The van der Waals surface area contributed by atoms with E-state index in [0.29, 0.717) is 17.6 Å². The summed E-state index contributed by atoms with van der Waals surface area (Å²) in [6.07, 6.45) is 9.24. The van der Waals surface area contributed by atoms with Gasteiger partial charge >= 0.3 is 0 Å². The summed E-state index contributed by atoms with van der Waals surface area (Å²) in [7, 11) is 4.39. The molecule has 0 radical (unpaired) electrons. The zero-order valence-corrected chi connectivity index (χ0v) is 11.9. The summed E-state index contributed by atoms with van der Waals surface area (Å²) in [5.41, 5.74) is 0.631. The summed E-state index contributed by atoms with van der Waals surface area (Å²) in [6.45, 7) is 4.56. The number of hydrogen-bond acceptors (Lipinski definition) is 3. The van der Waals surface area contributed by atoms with E-state index in [9.17, 15) is 0 Å². The molecule has 2 heterocycles. The zero-order chi connectivity index (χ0) is 11.2. The van der Waals surface area contributed by atoms with Gasteiger partial charge in [-0.25, -0.2) is 0 Å².